The van der Waals surface area contributed by atoms with Gasteiger partial charge in [-0.25, -0.2) is 13.1 Å². The van der Waals surface area contributed by atoms with E-state index in [0.717, 1.165) is 30.4 Å². The molecule has 4 nitrogen and oxygen atoms in total. The molecule has 0 heterocycles. The summed E-state index contributed by atoms with van der Waals surface area (Å²) in [5, 5.41) is 0. The molecule has 0 saturated carbocycles. The highest BCUT2D eigenvalue weighted by atomic mass is 32.2. The fourth-order valence-corrected chi connectivity index (χ4v) is 4.48. The minimum atomic E-state index is -3.56. The molecular formula is C18H21NO3S. The van der Waals surface area contributed by atoms with Crippen LogP contribution in [-0.4, -0.2) is 15.5 Å². The van der Waals surface area contributed by atoms with E-state index in [4.69, 9.17) is 4.74 Å². The molecule has 0 fully saturated rings. The zero-order chi connectivity index (χ0) is 16.4. The van der Waals surface area contributed by atoms with Crippen molar-refractivity contribution in [1.29, 1.82) is 0 Å². The molecule has 0 spiro atoms. The van der Waals surface area contributed by atoms with Crippen LogP contribution in [0.4, 0.5) is 0 Å². The van der Waals surface area contributed by atoms with Gasteiger partial charge in [-0.2, -0.15) is 0 Å². The Labute approximate surface area is 137 Å². The van der Waals surface area contributed by atoms with E-state index in [0.29, 0.717) is 5.75 Å². The van der Waals surface area contributed by atoms with Gasteiger partial charge in [0.2, 0.25) is 10.0 Å². The highest BCUT2D eigenvalue weighted by Crippen LogP contribution is 2.31. The smallest absolute Gasteiger partial charge is 0.241 e. The molecule has 122 valence electrons. The van der Waals surface area contributed by atoms with E-state index in [1.165, 1.54) is 5.56 Å². The van der Waals surface area contributed by atoms with E-state index in [2.05, 4.69) is 10.8 Å². The standard InChI is InChI=1S/C18H21NO3S/c1-13-12-15(10-11-18(13)22-2)23(20,21)19-17-9-5-7-14-6-3-4-8-16(14)17/h3-4,6,8,10-12,17,19H,5,7,9H2,1-2H3/t17-/m0/s1. The van der Waals surface area contributed by atoms with Crippen LogP contribution >= 0.6 is 0 Å². The van der Waals surface area contributed by atoms with E-state index >= 15 is 0 Å². The van der Waals surface area contributed by atoms with Gasteiger partial charge in [0, 0.05) is 6.04 Å². The summed E-state index contributed by atoms with van der Waals surface area (Å²) in [6.07, 6.45) is 2.83. The Morgan fingerprint density at radius 3 is 2.70 bits per heavy atom. The second-order valence-corrected chi connectivity index (χ2v) is 7.61. The number of sulfonamides is 1. The van der Waals surface area contributed by atoms with Crippen LogP contribution in [0.2, 0.25) is 0 Å². The van der Waals surface area contributed by atoms with Gasteiger partial charge >= 0.3 is 0 Å². The maximum atomic E-state index is 12.7. The lowest BCUT2D eigenvalue weighted by Crippen LogP contribution is -2.31. The van der Waals surface area contributed by atoms with Gasteiger partial charge in [0.25, 0.3) is 0 Å². The number of methoxy groups -OCH3 is 1. The molecule has 2 aromatic rings. The number of benzene rings is 2. The normalized spacial score (nSPS) is 17.6. The second-order valence-electron chi connectivity index (χ2n) is 5.90. The summed E-state index contributed by atoms with van der Waals surface area (Å²) in [6, 6.07) is 12.8. The number of aryl methyl sites for hydroxylation is 2. The third-order valence-corrected chi connectivity index (χ3v) is 5.81. The molecule has 0 bridgehead atoms. The van der Waals surface area contributed by atoms with Crippen molar-refractivity contribution in [2.45, 2.75) is 37.1 Å². The molecule has 1 aliphatic carbocycles. The Morgan fingerprint density at radius 2 is 1.96 bits per heavy atom. The van der Waals surface area contributed by atoms with E-state index in [1.807, 2.05) is 25.1 Å². The lowest BCUT2D eigenvalue weighted by molar-refractivity contribution is 0.411. The molecule has 1 aliphatic rings. The first kappa shape index (κ1) is 16.0. The lowest BCUT2D eigenvalue weighted by atomic mass is 9.88. The number of hydrogen-bond acceptors (Lipinski definition) is 3. The van der Waals surface area contributed by atoms with Crippen LogP contribution < -0.4 is 9.46 Å². The van der Waals surface area contributed by atoms with Gasteiger partial charge < -0.3 is 4.74 Å². The third-order valence-electron chi connectivity index (χ3n) is 4.34. The number of ether oxygens (including phenoxy) is 1. The largest absolute Gasteiger partial charge is 0.496 e. The van der Waals surface area contributed by atoms with Crippen LogP contribution in [0.1, 0.15) is 35.6 Å². The SMILES string of the molecule is COc1ccc(S(=O)(=O)N[C@H]2CCCc3ccccc32)cc1C. The molecule has 1 atom stereocenters. The Hall–Kier alpha value is -1.85. The maximum Gasteiger partial charge on any atom is 0.241 e. The van der Waals surface area contributed by atoms with E-state index in [-0.39, 0.29) is 10.9 Å². The first-order valence-corrected chi connectivity index (χ1v) is 9.24. The Morgan fingerprint density at radius 1 is 1.17 bits per heavy atom. The van der Waals surface area contributed by atoms with Crippen LogP contribution in [0.15, 0.2) is 47.4 Å². The minimum absolute atomic E-state index is 0.160. The van der Waals surface area contributed by atoms with Gasteiger partial charge in [-0.15, -0.1) is 0 Å². The number of hydrogen-bond donors (Lipinski definition) is 1. The maximum absolute atomic E-state index is 12.7. The van der Waals surface area contributed by atoms with Crippen molar-refractivity contribution in [3.05, 3.63) is 59.2 Å². The number of nitrogens with one attached hydrogen (secondary N) is 1. The number of rotatable bonds is 4. The summed E-state index contributed by atoms with van der Waals surface area (Å²) >= 11 is 0. The van der Waals surface area contributed by atoms with Gasteiger partial charge in [-0.05, 0) is 61.1 Å². The predicted molar refractivity (Wildman–Crippen MR) is 90.2 cm³/mol. The van der Waals surface area contributed by atoms with E-state index < -0.39 is 10.0 Å². The average molecular weight is 331 g/mol. The third kappa shape index (κ3) is 3.26. The fourth-order valence-electron chi connectivity index (χ4n) is 3.15. The molecule has 0 unspecified atom stereocenters. The van der Waals surface area contributed by atoms with Gasteiger partial charge in [-0.3, -0.25) is 0 Å². The zero-order valence-corrected chi connectivity index (χ0v) is 14.2. The van der Waals surface area contributed by atoms with Crippen molar-refractivity contribution in [2.75, 3.05) is 7.11 Å². The molecule has 2 aromatic carbocycles. The highest BCUT2D eigenvalue weighted by Gasteiger charge is 2.25. The molecule has 5 heteroatoms. The second kappa shape index (κ2) is 6.34. The van der Waals surface area contributed by atoms with Crippen molar-refractivity contribution >= 4 is 10.0 Å². The van der Waals surface area contributed by atoms with Crippen LogP contribution in [-0.2, 0) is 16.4 Å². The first-order valence-electron chi connectivity index (χ1n) is 7.76. The van der Waals surface area contributed by atoms with Crippen molar-refractivity contribution in [1.82, 2.24) is 4.72 Å². The van der Waals surface area contributed by atoms with Gasteiger partial charge in [0.15, 0.2) is 0 Å². The number of fused-ring (bicyclic) bond motifs is 1. The van der Waals surface area contributed by atoms with Crippen LogP contribution in [0.25, 0.3) is 0 Å². The van der Waals surface area contributed by atoms with Gasteiger partial charge in [-0.1, -0.05) is 24.3 Å². The molecule has 0 radical (unpaired) electrons. The Balaban J connectivity index is 1.89. The molecule has 0 saturated heterocycles. The molecule has 0 aromatic heterocycles. The minimum Gasteiger partial charge on any atom is -0.496 e. The van der Waals surface area contributed by atoms with Crippen LogP contribution in [0.3, 0.4) is 0 Å². The first-order chi connectivity index (χ1) is 11.0. The summed E-state index contributed by atoms with van der Waals surface area (Å²) in [6.45, 7) is 1.84. The van der Waals surface area contributed by atoms with Crippen molar-refractivity contribution in [2.24, 2.45) is 0 Å². The predicted octanol–water partition coefficient (Wildman–Crippen LogP) is 3.36. The summed E-state index contributed by atoms with van der Waals surface area (Å²) in [5.41, 5.74) is 3.13. The average Bonchev–Trinajstić information content (AvgIpc) is 2.55. The van der Waals surface area contributed by atoms with Crippen molar-refractivity contribution < 1.29 is 13.2 Å². The summed E-state index contributed by atoms with van der Waals surface area (Å²) < 4.78 is 33.5. The summed E-state index contributed by atoms with van der Waals surface area (Å²) in [4.78, 5) is 0.277. The quantitative estimate of drug-likeness (QED) is 0.934. The topological polar surface area (TPSA) is 55.4 Å². The van der Waals surface area contributed by atoms with Crippen molar-refractivity contribution in [3.8, 4) is 5.75 Å². The van der Waals surface area contributed by atoms with E-state index in [1.54, 1.807) is 25.3 Å². The molecule has 0 aliphatic heterocycles. The Kier molecular flexibility index (Phi) is 4.41. The van der Waals surface area contributed by atoms with Crippen LogP contribution in [0.5, 0.6) is 5.75 Å². The molecule has 3 rings (SSSR count). The fraction of sp³-hybridized carbons (Fsp3) is 0.333. The Bertz CT molecular complexity index is 815. The van der Waals surface area contributed by atoms with Gasteiger partial charge in [0.1, 0.15) is 5.75 Å². The van der Waals surface area contributed by atoms with E-state index in [9.17, 15) is 8.42 Å². The lowest BCUT2D eigenvalue weighted by Gasteiger charge is -2.26. The monoisotopic (exact) mass is 331 g/mol. The summed E-state index contributed by atoms with van der Waals surface area (Å²) in [5.74, 6) is 0.687. The van der Waals surface area contributed by atoms with Crippen molar-refractivity contribution in [3.63, 3.8) is 0 Å². The molecule has 0 amide bonds. The molecule has 1 N–H and O–H groups in total. The van der Waals surface area contributed by atoms with Gasteiger partial charge in [0.05, 0.1) is 12.0 Å². The molecule has 23 heavy (non-hydrogen) atoms. The highest BCUT2D eigenvalue weighted by molar-refractivity contribution is 7.89. The zero-order valence-electron chi connectivity index (χ0n) is 13.4. The van der Waals surface area contributed by atoms with Crippen LogP contribution in [0, 0.1) is 6.92 Å². The summed E-state index contributed by atoms with van der Waals surface area (Å²) in [7, 11) is -1.98. The molecular weight excluding hydrogens is 310 g/mol.